The van der Waals surface area contributed by atoms with Gasteiger partial charge in [-0.15, -0.1) is 11.3 Å². The minimum Gasteiger partial charge on any atom is -0.494 e. The number of aromatic nitrogens is 3. The number of carbonyl (C=O) groups is 4. The molecule has 2 saturated carbocycles. The van der Waals surface area contributed by atoms with E-state index in [0.29, 0.717) is 40.8 Å². The van der Waals surface area contributed by atoms with E-state index in [1.54, 1.807) is 47.7 Å². The van der Waals surface area contributed by atoms with E-state index < -0.39 is 34.9 Å². The summed E-state index contributed by atoms with van der Waals surface area (Å²) in [5.74, 6) is -1.62. The number of rotatable bonds is 12. The molecule has 10 nitrogen and oxygen atoms in total. The SMILES string of the molecule is C1CCCC1.CC(C)CC(C)CCCOc1ccc(C2CCCC2)c(N2C(=O)c3ccc4c5c(ccc(c35)C2=O)C(=O)C(c2nc3ccc(Sc5nc6ccccc6s5)cc3c(=O)[nH]2)C4=O)c1.[Fe]. The van der Waals surface area contributed by atoms with E-state index in [4.69, 9.17) is 4.74 Å². The van der Waals surface area contributed by atoms with Crippen LogP contribution in [0.1, 0.15) is 162 Å². The number of Topliss-reactive ketones (excluding diaryl/α,β-unsaturated/α-hetero) is 2. The molecule has 7 aromatic rings. The molecule has 3 heterocycles. The number of ketones is 2. The monoisotopic (exact) mass is 986 g/mol. The Balaban J connectivity index is 0.000000905. The van der Waals surface area contributed by atoms with Crippen molar-refractivity contribution in [1.82, 2.24) is 15.0 Å². The summed E-state index contributed by atoms with van der Waals surface area (Å²) in [6.45, 7) is 7.27. The molecule has 11 rings (SSSR count). The Kier molecular flexibility index (Phi) is 14.2. The smallest absolute Gasteiger partial charge is 0.265 e. The number of H-pyrrole nitrogens is 1. The van der Waals surface area contributed by atoms with Gasteiger partial charge in [-0.05, 0) is 116 Å². The number of hydrogen-bond acceptors (Lipinski definition) is 10. The third kappa shape index (κ3) is 9.22. The Morgan fingerprint density at radius 3 is 2.04 bits per heavy atom. The molecule has 0 spiro atoms. The maximum absolute atomic E-state index is 14.7. The maximum atomic E-state index is 14.7. The van der Waals surface area contributed by atoms with E-state index in [0.717, 1.165) is 70.0 Å². The molecule has 1 atom stereocenters. The van der Waals surface area contributed by atoms with Crippen LogP contribution < -0.4 is 15.2 Å². The van der Waals surface area contributed by atoms with Crippen molar-refractivity contribution in [2.45, 2.75) is 119 Å². The first-order valence-electron chi connectivity index (χ1n) is 23.9. The second-order valence-corrected chi connectivity index (χ2v) is 21.4. The first kappa shape index (κ1) is 47.6. The molecule has 68 heavy (non-hydrogen) atoms. The van der Waals surface area contributed by atoms with Gasteiger partial charge in [-0.1, -0.05) is 95.7 Å². The molecule has 1 N–H and O–H groups in total. The molecule has 13 heteroatoms. The second kappa shape index (κ2) is 20.2. The molecule has 1 unspecified atom stereocenters. The van der Waals surface area contributed by atoms with Gasteiger partial charge in [0, 0.05) is 61.1 Å². The van der Waals surface area contributed by atoms with Gasteiger partial charge in [0.1, 0.15) is 17.5 Å². The van der Waals surface area contributed by atoms with Gasteiger partial charge in [0.05, 0.1) is 33.4 Å². The summed E-state index contributed by atoms with van der Waals surface area (Å²) in [4.78, 5) is 85.9. The standard InChI is InChI=1S/C50H44N4O6S2.C5H10.Fe/c1-26(2)23-27(3)9-8-22-60-29-14-16-31(28-10-4-5-11-28)39(24-29)54-48(58)34-19-17-32-41-33(18-20-35(42(34)41)49(54)59)45(56)43(44(32)55)46-51-37-21-15-30(25-36(37)47(57)53-46)61-50-52-38-12-6-7-13-40(38)62-50;1-2-4-5-3-1;/h6-7,12-21,24-28,43H,4-5,8-11,22-23H2,1-3H3,(H,51,53,57);1-5H2;. The summed E-state index contributed by atoms with van der Waals surface area (Å²) >= 11 is 3.00. The van der Waals surface area contributed by atoms with Crippen molar-refractivity contribution in [3.8, 4) is 5.75 Å². The summed E-state index contributed by atoms with van der Waals surface area (Å²) < 4.78 is 8.15. The fourth-order valence-electron chi connectivity index (χ4n) is 10.6. The predicted molar refractivity (Wildman–Crippen MR) is 267 cm³/mol. The van der Waals surface area contributed by atoms with Crippen LogP contribution in [0.5, 0.6) is 5.75 Å². The zero-order valence-electron chi connectivity index (χ0n) is 38.5. The number of thiazole rings is 1. The molecule has 2 amide bonds. The van der Waals surface area contributed by atoms with E-state index >= 15 is 0 Å². The number of fused-ring (bicyclic) bond motifs is 2. The van der Waals surface area contributed by atoms with E-state index in [1.165, 1.54) is 48.8 Å². The number of nitrogens with one attached hydrogen (secondary N) is 1. The zero-order chi connectivity index (χ0) is 46.3. The van der Waals surface area contributed by atoms with Gasteiger partial charge in [0.2, 0.25) is 0 Å². The summed E-state index contributed by atoms with van der Waals surface area (Å²) in [5.41, 5.74) is 3.06. The molecule has 4 aliphatic rings. The first-order valence-corrected chi connectivity index (χ1v) is 25.6. The Hall–Kier alpha value is -5.46. The first-order chi connectivity index (χ1) is 32.5. The predicted octanol–water partition coefficient (Wildman–Crippen LogP) is 13.2. The summed E-state index contributed by atoms with van der Waals surface area (Å²) in [5, 5.41) is 0.873. The summed E-state index contributed by atoms with van der Waals surface area (Å²) in [6.07, 6.45) is 14.7. The zero-order valence-corrected chi connectivity index (χ0v) is 41.3. The van der Waals surface area contributed by atoms with Gasteiger partial charge >= 0.3 is 0 Å². The molecule has 0 radical (unpaired) electrons. The van der Waals surface area contributed by atoms with Crippen molar-refractivity contribution in [3.05, 3.63) is 129 Å². The van der Waals surface area contributed by atoms with Crippen molar-refractivity contribution >= 4 is 84.1 Å². The fourth-order valence-corrected chi connectivity index (χ4v) is 12.7. The van der Waals surface area contributed by atoms with Crippen LogP contribution in [0.2, 0.25) is 0 Å². The Morgan fingerprint density at radius 2 is 1.38 bits per heavy atom. The van der Waals surface area contributed by atoms with Gasteiger partial charge in [-0.3, -0.25) is 24.0 Å². The van der Waals surface area contributed by atoms with Crippen LogP contribution in [-0.4, -0.2) is 44.9 Å². The molecule has 3 aliphatic carbocycles. The number of aromatic amines is 1. The van der Waals surface area contributed by atoms with Gasteiger partial charge in [0.15, 0.2) is 15.9 Å². The van der Waals surface area contributed by atoms with Crippen molar-refractivity contribution in [3.63, 3.8) is 0 Å². The molecule has 2 fully saturated rings. The third-order valence-corrected chi connectivity index (χ3v) is 15.9. The number of ether oxygens (including phenoxy) is 1. The molecular formula is C55H54FeN4O6S2. The minimum atomic E-state index is -1.42. The molecule has 0 saturated heterocycles. The van der Waals surface area contributed by atoms with Crippen LogP contribution >= 0.6 is 23.1 Å². The van der Waals surface area contributed by atoms with Crippen LogP contribution in [0.4, 0.5) is 5.69 Å². The quantitative estimate of drug-likeness (QED) is 0.0548. The molecule has 2 aromatic heterocycles. The van der Waals surface area contributed by atoms with Crippen molar-refractivity contribution in [2.75, 3.05) is 11.5 Å². The van der Waals surface area contributed by atoms with E-state index in [9.17, 15) is 24.0 Å². The van der Waals surface area contributed by atoms with Gasteiger partial charge in [0.25, 0.3) is 17.4 Å². The Morgan fingerprint density at radius 1 is 0.735 bits per heavy atom. The van der Waals surface area contributed by atoms with Crippen LogP contribution in [0.3, 0.4) is 0 Å². The largest absolute Gasteiger partial charge is 0.494 e. The maximum Gasteiger partial charge on any atom is 0.265 e. The molecule has 0 bridgehead atoms. The number of anilines is 1. The number of amides is 2. The summed E-state index contributed by atoms with van der Waals surface area (Å²) in [6, 6.07) is 25.2. The normalized spacial score (nSPS) is 16.5. The van der Waals surface area contributed by atoms with Crippen molar-refractivity contribution < 1.29 is 41.0 Å². The van der Waals surface area contributed by atoms with Gasteiger partial charge in [-0.2, -0.15) is 0 Å². The average molecular weight is 987 g/mol. The Labute approximate surface area is 414 Å². The van der Waals surface area contributed by atoms with Crippen LogP contribution in [0.15, 0.2) is 99.0 Å². The number of benzene rings is 5. The van der Waals surface area contributed by atoms with Crippen LogP contribution in [0, 0.1) is 11.8 Å². The second-order valence-electron chi connectivity index (χ2n) is 19.1. The molecular weight excluding hydrogens is 933 g/mol. The van der Waals surface area contributed by atoms with E-state index in [1.807, 2.05) is 48.5 Å². The number of carbonyl (C=O) groups excluding carboxylic acids is 4. The molecule has 5 aromatic carbocycles. The fraction of sp³-hybridized carbons (Fsp3) is 0.364. The minimum absolute atomic E-state index is 0. The van der Waals surface area contributed by atoms with E-state index in [2.05, 4.69) is 35.7 Å². The van der Waals surface area contributed by atoms with Crippen LogP contribution in [0.25, 0.3) is 31.9 Å². The number of hydrogen-bond donors (Lipinski definition) is 1. The average Bonchev–Trinajstić information content (AvgIpc) is 4.15. The molecule has 350 valence electrons. The number of para-hydroxylation sites is 1. The Bertz CT molecular complexity index is 3060. The summed E-state index contributed by atoms with van der Waals surface area (Å²) in [7, 11) is 0. The third-order valence-electron chi connectivity index (χ3n) is 13.8. The molecule has 1 aliphatic heterocycles. The number of imide groups is 1. The van der Waals surface area contributed by atoms with Crippen LogP contribution in [-0.2, 0) is 17.1 Å². The van der Waals surface area contributed by atoms with Crippen molar-refractivity contribution in [1.29, 1.82) is 0 Å². The topological polar surface area (TPSA) is 139 Å². The van der Waals surface area contributed by atoms with Gasteiger partial charge in [-0.25, -0.2) is 14.9 Å². The number of nitrogens with zero attached hydrogens (tertiary/aromatic N) is 3. The van der Waals surface area contributed by atoms with E-state index in [-0.39, 0.29) is 61.8 Å². The van der Waals surface area contributed by atoms with Crippen molar-refractivity contribution in [2.24, 2.45) is 11.8 Å². The van der Waals surface area contributed by atoms with Gasteiger partial charge < -0.3 is 9.72 Å².